The van der Waals surface area contributed by atoms with Gasteiger partial charge in [-0.2, -0.15) is 0 Å². The third-order valence-electron chi connectivity index (χ3n) is 5.40. The number of nitrogens with zero attached hydrogens (tertiary/aromatic N) is 3. The second kappa shape index (κ2) is 7.29. The van der Waals surface area contributed by atoms with Crippen molar-refractivity contribution in [2.45, 2.75) is 19.4 Å². The lowest BCUT2D eigenvalue weighted by Crippen LogP contribution is -2.38. The van der Waals surface area contributed by atoms with Crippen molar-refractivity contribution in [1.82, 2.24) is 19.9 Å². The number of benzene rings is 1. The normalized spacial score (nSPS) is 16.4. The minimum atomic E-state index is -0.379. The number of amides is 2. The van der Waals surface area contributed by atoms with Crippen LogP contribution in [0.3, 0.4) is 0 Å². The van der Waals surface area contributed by atoms with Crippen molar-refractivity contribution in [1.29, 1.82) is 0 Å². The van der Waals surface area contributed by atoms with Crippen molar-refractivity contribution in [3.05, 3.63) is 59.4 Å². The van der Waals surface area contributed by atoms with E-state index in [0.29, 0.717) is 38.4 Å². The molecule has 0 fully saturated rings. The summed E-state index contributed by atoms with van der Waals surface area (Å²) < 4.78 is 19.0. The summed E-state index contributed by atoms with van der Waals surface area (Å²) in [5.41, 5.74) is 5.58. The summed E-state index contributed by atoms with van der Waals surface area (Å²) >= 11 is 0. The van der Waals surface area contributed by atoms with Gasteiger partial charge in [0.05, 0.1) is 24.3 Å². The molecule has 0 spiro atoms. The van der Waals surface area contributed by atoms with Crippen LogP contribution < -0.4 is 5.32 Å². The van der Waals surface area contributed by atoms with Crippen molar-refractivity contribution >= 4 is 28.3 Å². The molecule has 2 aromatic heterocycles. The summed E-state index contributed by atoms with van der Waals surface area (Å²) in [6.07, 6.45) is 5.13. The van der Waals surface area contributed by atoms with E-state index in [1.165, 1.54) is 17.8 Å². The molecule has 0 bridgehead atoms. The van der Waals surface area contributed by atoms with Gasteiger partial charge in [-0.15, -0.1) is 0 Å². The number of fused-ring (bicyclic) bond motifs is 3. The van der Waals surface area contributed by atoms with Crippen LogP contribution in [0.4, 0.5) is 14.9 Å². The molecule has 0 atom stereocenters. The molecule has 0 saturated heterocycles. The number of hydrogen-bond acceptors (Lipinski definition) is 4. The van der Waals surface area contributed by atoms with E-state index in [1.54, 1.807) is 23.4 Å². The molecule has 0 saturated carbocycles. The third-order valence-corrected chi connectivity index (χ3v) is 5.40. The van der Waals surface area contributed by atoms with Crippen molar-refractivity contribution in [2.24, 2.45) is 0 Å². The van der Waals surface area contributed by atoms with E-state index >= 15 is 0 Å². The fraction of sp³-hybridized carbons (Fsp3) is 0.286. The summed E-state index contributed by atoms with van der Waals surface area (Å²) in [6, 6.07) is 5.64. The lowest BCUT2D eigenvalue weighted by Gasteiger charge is -2.27. The minimum Gasteiger partial charge on any atom is -0.376 e. The Kier molecular flexibility index (Phi) is 4.48. The predicted molar refractivity (Wildman–Crippen MR) is 107 cm³/mol. The van der Waals surface area contributed by atoms with Crippen LogP contribution in [0, 0.1) is 5.82 Å². The van der Waals surface area contributed by atoms with E-state index < -0.39 is 0 Å². The molecule has 0 aliphatic carbocycles. The first-order chi connectivity index (χ1) is 14.2. The molecule has 148 valence electrons. The molecule has 3 aromatic rings. The molecule has 7 nitrogen and oxygen atoms in total. The zero-order valence-electron chi connectivity index (χ0n) is 15.7. The monoisotopic (exact) mass is 393 g/mol. The molecule has 2 aliphatic rings. The first-order valence-electron chi connectivity index (χ1n) is 9.62. The van der Waals surface area contributed by atoms with E-state index in [-0.39, 0.29) is 11.8 Å². The maximum absolute atomic E-state index is 13.3. The lowest BCUT2D eigenvalue weighted by molar-refractivity contribution is 0.111. The number of anilines is 1. The van der Waals surface area contributed by atoms with Gasteiger partial charge in [-0.1, -0.05) is 12.1 Å². The van der Waals surface area contributed by atoms with Crippen LogP contribution >= 0.6 is 0 Å². The third kappa shape index (κ3) is 3.36. The number of ether oxygens (including phenoxy) is 1. The number of halogens is 1. The highest BCUT2D eigenvalue weighted by Gasteiger charge is 2.24. The number of carbonyl (C=O) groups excluding carboxylic acids is 1. The minimum absolute atomic E-state index is 0.244. The van der Waals surface area contributed by atoms with Gasteiger partial charge in [0.1, 0.15) is 17.8 Å². The summed E-state index contributed by atoms with van der Waals surface area (Å²) in [5.74, 6) is -0.379. The highest BCUT2D eigenvalue weighted by atomic mass is 19.1. The maximum atomic E-state index is 13.3. The number of carbonyl (C=O) groups is 1. The van der Waals surface area contributed by atoms with Crippen LogP contribution in [0.25, 0.3) is 16.6 Å². The molecule has 2 N–H and O–H groups in total. The second-order valence-corrected chi connectivity index (χ2v) is 7.20. The number of aromatic nitrogens is 3. The predicted octanol–water partition coefficient (Wildman–Crippen LogP) is 3.49. The Hall–Kier alpha value is -3.26. The summed E-state index contributed by atoms with van der Waals surface area (Å²) in [6.45, 7) is 2.29. The molecule has 5 rings (SSSR count). The summed E-state index contributed by atoms with van der Waals surface area (Å²) in [7, 11) is 0. The van der Waals surface area contributed by atoms with Gasteiger partial charge in [-0.05, 0) is 30.2 Å². The van der Waals surface area contributed by atoms with Gasteiger partial charge in [0.25, 0.3) is 0 Å². The average Bonchev–Trinajstić information content (AvgIpc) is 3.13. The first-order valence-corrected chi connectivity index (χ1v) is 9.62. The highest BCUT2D eigenvalue weighted by molar-refractivity contribution is 5.93. The largest absolute Gasteiger partial charge is 0.376 e. The van der Waals surface area contributed by atoms with Gasteiger partial charge in [0.15, 0.2) is 0 Å². The summed E-state index contributed by atoms with van der Waals surface area (Å²) in [5, 5.41) is 3.76. The Morgan fingerprint density at radius 3 is 3.03 bits per heavy atom. The Morgan fingerprint density at radius 2 is 2.21 bits per heavy atom. The van der Waals surface area contributed by atoms with Gasteiger partial charge < -0.3 is 19.9 Å². The number of rotatable bonds is 2. The fourth-order valence-electron chi connectivity index (χ4n) is 3.94. The van der Waals surface area contributed by atoms with E-state index in [2.05, 4.69) is 20.3 Å². The van der Waals surface area contributed by atoms with Gasteiger partial charge in [0, 0.05) is 36.5 Å². The van der Waals surface area contributed by atoms with Crippen LogP contribution in [-0.2, 0) is 17.8 Å². The second-order valence-electron chi connectivity index (χ2n) is 7.20. The average molecular weight is 393 g/mol. The molecule has 2 aliphatic heterocycles. The van der Waals surface area contributed by atoms with Gasteiger partial charge in [-0.3, -0.25) is 0 Å². The van der Waals surface area contributed by atoms with Crippen LogP contribution in [0.15, 0.2) is 36.7 Å². The zero-order valence-corrected chi connectivity index (χ0v) is 15.7. The van der Waals surface area contributed by atoms with Crippen molar-refractivity contribution in [2.75, 3.05) is 25.0 Å². The van der Waals surface area contributed by atoms with Crippen molar-refractivity contribution < 1.29 is 13.9 Å². The van der Waals surface area contributed by atoms with Crippen molar-refractivity contribution in [3.63, 3.8) is 0 Å². The van der Waals surface area contributed by atoms with Crippen LogP contribution in [-0.4, -0.2) is 45.6 Å². The van der Waals surface area contributed by atoms with Crippen LogP contribution in [0.1, 0.15) is 23.4 Å². The quantitative estimate of drug-likeness (QED) is 0.698. The number of hydrogen-bond donors (Lipinski definition) is 2. The molecule has 29 heavy (non-hydrogen) atoms. The Bertz CT molecular complexity index is 1120. The maximum Gasteiger partial charge on any atom is 0.322 e. The summed E-state index contributed by atoms with van der Waals surface area (Å²) in [4.78, 5) is 26.5. The van der Waals surface area contributed by atoms with Gasteiger partial charge in [-0.25, -0.2) is 19.2 Å². The van der Waals surface area contributed by atoms with E-state index in [4.69, 9.17) is 4.74 Å². The van der Waals surface area contributed by atoms with Gasteiger partial charge in [0.2, 0.25) is 0 Å². The number of urea groups is 1. The van der Waals surface area contributed by atoms with Gasteiger partial charge >= 0.3 is 6.03 Å². The van der Waals surface area contributed by atoms with E-state index in [0.717, 1.165) is 34.3 Å². The topological polar surface area (TPSA) is 83.1 Å². The first kappa shape index (κ1) is 17.8. The molecule has 4 heterocycles. The molecule has 0 radical (unpaired) electrons. The highest BCUT2D eigenvalue weighted by Crippen LogP contribution is 2.32. The Labute approximate surface area is 166 Å². The number of aromatic amines is 1. The molecule has 1 aromatic carbocycles. The Balaban J connectivity index is 1.37. The molecule has 0 unspecified atom stereocenters. The fourth-order valence-corrected chi connectivity index (χ4v) is 3.94. The zero-order chi connectivity index (χ0) is 19.8. The Morgan fingerprint density at radius 1 is 1.28 bits per heavy atom. The number of H-pyrrole nitrogens is 1. The number of nitrogens with one attached hydrogen (secondary N) is 2. The lowest BCUT2D eigenvalue weighted by atomic mass is 9.99. The SMILES string of the molecule is O=C(Nc1cccc(F)c1)N1CC=C(c2ncnc3[nH]c4c(c23)COCC4)CC1. The van der Waals surface area contributed by atoms with E-state index in [9.17, 15) is 9.18 Å². The molecule has 2 amide bonds. The molecular weight excluding hydrogens is 373 g/mol. The molecule has 8 heteroatoms. The molecular formula is C21H20FN5O2. The smallest absolute Gasteiger partial charge is 0.322 e. The van der Waals surface area contributed by atoms with E-state index in [1.807, 2.05) is 6.08 Å². The van der Waals surface area contributed by atoms with Crippen LogP contribution in [0.2, 0.25) is 0 Å². The van der Waals surface area contributed by atoms with Crippen molar-refractivity contribution in [3.8, 4) is 0 Å². The van der Waals surface area contributed by atoms with Crippen LogP contribution in [0.5, 0.6) is 0 Å². The standard InChI is InChI=1S/C21H20FN5O2/c22-14-2-1-3-15(10-14)25-21(28)27-7-4-13(5-8-27)19-18-16-11-29-9-6-17(16)26-20(18)24-12-23-19/h1-4,10,12H,5-9,11H2,(H,25,28)(H,23,24,26).